The van der Waals surface area contributed by atoms with Gasteiger partial charge >= 0.3 is 0 Å². The number of rotatable bonds is 9. The van der Waals surface area contributed by atoms with Crippen LogP contribution in [-0.2, 0) is 0 Å². The standard InChI is InChI=1S/C18H25N5O2/c1-2-3-4-5-8-11-25-16-10-7-6-9-13(16)14-12-15(17(24)23-20)22-18(19)21-14/h6-7,9-10,12H,2-5,8,11,20H2,1H3,(H,23,24)(H2,19,21,22). The molecule has 1 aromatic carbocycles. The number of ether oxygens (including phenoxy) is 1. The molecule has 0 bridgehead atoms. The van der Waals surface area contributed by atoms with Crippen LogP contribution in [0.5, 0.6) is 5.75 Å². The van der Waals surface area contributed by atoms with Crippen LogP contribution in [0.2, 0.25) is 0 Å². The second-order valence-electron chi connectivity index (χ2n) is 5.73. The topological polar surface area (TPSA) is 116 Å². The summed E-state index contributed by atoms with van der Waals surface area (Å²) in [5, 5.41) is 0. The van der Waals surface area contributed by atoms with Gasteiger partial charge in [0.05, 0.1) is 12.3 Å². The van der Waals surface area contributed by atoms with Gasteiger partial charge in [0.25, 0.3) is 5.91 Å². The first-order valence-corrected chi connectivity index (χ1v) is 8.53. The summed E-state index contributed by atoms with van der Waals surface area (Å²) in [5.74, 6) is 5.35. The number of nitrogens with one attached hydrogen (secondary N) is 1. The van der Waals surface area contributed by atoms with Crippen molar-refractivity contribution in [2.45, 2.75) is 39.0 Å². The van der Waals surface area contributed by atoms with E-state index in [9.17, 15) is 4.79 Å². The van der Waals surface area contributed by atoms with E-state index in [2.05, 4.69) is 16.9 Å². The Kier molecular flexibility index (Phi) is 7.16. The zero-order chi connectivity index (χ0) is 18.1. The van der Waals surface area contributed by atoms with Crippen LogP contribution in [0.15, 0.2) is 30.3 Å². The van der Waals surface area contributed by atoms with Gasteiger partial charge in [-0.2, -0.15) is 0 Å². The summed E-state index contributed by atoms with van der Waals surface area (Å²) in [6.45, 7) is 2.83. The van der Waals surface area contributed by atoms with Gasteiger partial charge in [-0.3, -0.25) is 10.2 Å². The number of benzene rings is 1. The number of unbranched alkanes of at least 4 members (excludes halogenated alkanes) is 4. The Morgan fingerprint density at radius 2 is 1.92 bits per heavy atom. The number of nitrogens with zero attached hydrogens (tertiary/aromatic N) is 2. The average Bonchev–Trinajstić information content (AvgIpc) is 2.63. The van der Waals surface area contributed by atoms with Crippen LogP contribution >= 0.6 is 0 Å². The highest BCUT2D eigenvalue weighted by molar-refractivity contribution is 5.93. The number of hydrogen-bond donors (Lipinski definition) is 3. The number of anilines is 1. The van der Waals surface area contributed by atoms with Gasteiger partial charge in [0.2, 0.25) is 5.95 Å². The molecule has 0 radical (unpaired) electrons. The number of nitrogen functional groups attached to an aromatic ring is 2. The molecule has 0 fully saturated rings. The Labute approximate surface area is 147 Å². The minimum absolute atomic E-state index is 0.00506. The van der Waals surface area contributed by atoms with Crippen LogP contribution in [0.1, 0.15) is 49.5 Å². The van der Waals surface area contributed by atoms with Gasteiger partial charge < -0.3 is 10.5 Å². The molecule has 0 spiro atoms. The number of aromatic nitrogens is 2. The number of carbonyl (C=O) groups is 1. The van der Waals surface area contributed by atoms with Crippen LogP contribution < -0.4 is 21.7 Å². The van der Waals surface area contributed by atoms with Crippen LogP contribution in [0, 0.1) is 0 Å². The predicted octanol–water partition coefficient (Wildman–Crippen LogP) is 2.68. The van der Waals surface area contributed by atoms with Crippen LogP contribution in [0.3, 0.4) is 0 Å². The van der Waals surface area contributed by atoms with Gasteiger partial charge in [-0.05, 0) is 24.6 Å². The molecule has 2 aromatic rings. The van der Waals surface area contributed by atoms with Crippen molar-refractivity contribution in [1.29, 1.82) is 0 Å². The molecular weight excluding hydrogens is 318 g/mol. The van der Waals surface area contributed by atoms with Crippen molar-refractivity contribution in [3.63, 3.8) is 0 Å². The van der Waals surface area contributed by atoms with E-state index >= 15 is 0 Å². The molecule has 7 heteroatoms. The number of nitrogens with two attached hydrogens (primary N) is 2. The maximum absolute atomic E-state index is 11.7. The van der Waals surface area contributed by atoms with Crippen molar-refractivity contribution in [3.8, 4) is 17.0 Å². The SMILES string of the molecule is CCCCCCCOc1ccccc1-c1cc(C(=O)NN)nc(N)n1. The van der Waals surface area contributed by atoms with Gasteiger partial charge in [-0.15, -0.1) is 0 Å². The predicted molar refractivity (Wildman–Crippen MR) is 97.8 cm³/mol. The fourth-order valence-electron chi connectivity index (χ4n) is 2.49. The van der Waals surface area contributed by atoms with Crippen LogP contribution in [0.25, 0.3) is 11.3 Å². The molecule has 1 amide bonds. The first-order chi connectivity index (χ1) is 12.2. The zero-order valence-electron chi connectivity index (χ0n) is 14.5. The van der Waals surface area contributed by atoms with Crippen LogP contribution in [-0.4, -0.2) is 22.5 Å². The molecule has 0 saturated heterocycles. The van der Waals surface area contributed by atoms with E-state index in [4.69, 9.17) is 16.3 Å². The van der Waals surface area contributed by atoms with Gasteiger partial charge in [0.1, 0.15) is 11.4 Å². The molecule has 0 saturated carbocycles. The van der Waals surface area contributed by atoms with Gasteiger partial charge in [0, 0.05) is 5.56 Å². The van der Waals surface area contributed by atoms with E-state index in [0.717, 1.165) is 18.4 Å². The first kappa shape index (κ1) is 18.7. The van der Waals surface area contributed by atoms with E-state index in [-0.39, 0.29) is 11.6 Å². The fraction of sp³-hybridized carbons (Fsp3) is 0.389. The van der Waals surface area contributed by atoms with Crippen LogP contribution in [0.4, 0.5) is 5.95 Å². The minimum Gasteiger partial charge on any atom is -0.493 e. The Balaban J connectivity index is 2.14. The Morgan fingerprint density at radius 3 is 2.68 bits per heavy atom. The molecule has 0 aliphatic carbocycles. The zero-order valence-corrected chi connectivity index (χ0v) is 14.5. The molecule has 134 valence electrons. The lowest BCUT2D eigenvalue weighted by molar-refractivity contribution is 0.0948. The summed E-state index contributed by atoms with van der Waals surface area (Å²) < 4.78 is 5.91. The third-order valence-electron chi connectivity index (χ3n) is 3.78. The molecule has 2 rings (SSSR count). The van der Waals surface area contributed by atoms with E-state index in [1.807, 2.05) is 29.7 Å². The molecule has 25 heavy (non-hydrogen) atoms. The number of hydrazine groups is 1. The number of hydrogen-bond acceptors (Lipinski definition) is 6. The molecule has 0 aliphatic heterocycles. The highest BCUT2D eigenvalue weighted by Gasteiger charge is 2.13. The van der Waals surface area contributed by atoms with Gasteiger partial charge in [-0.25, -0.2) is 15.8 Å². The van der Waals surface area contributed by atoms with Crippen molar-refractivity contribution >= 4 is 11.9 Å². The molecule has 0 unspecified atom stereocenters. The van der Waals surface area contributed by atoms with Crippen molar-refractivity contribution in [2.75, 3.05) is 12.3 Å². The summed E-state index contributed by atoms with van der Waals surface area (Å²) in [6, 6.07) is 9.07. The number of para-hydroxylation sites is 1. The normalized spacial score (nSPS) is 10.5. The Hall–Kier alpha value is -2.67. The highest BCUT2D eigenvalue weighted by atomic mass is 16.5. The van der Waals surface area contributed by atoms with Crippen molar-refractivity contribution in [1.82, 2.24) is 15.4 Å². The lowest BCUT2D eigenvalue weighted by Gasteiger charge is -2.12. The summed E-state index contributed by atoms with van der Waals surface area (Å²) in [7, 11) is 0. The largest absolute Gasteiger partial charge is 0.493 e. The monoisotopic (exact) mass is 343 g/mol. The average molecular weight is 343 g/mol. The quantitative estimate of drug-likeness (QED) is 0.279. The van der Waals surface area contributed by atoms with Crippen molar-refractivity contribution < 1.29 is 9.53 Å². The third-order valence-corrected chi connectivity index (χ3v) is 3.78. The highest BCUT2D eigenvalue weighted by Crippen LogP contribution is 2.29. The third kappa shape index (κ3) is 5.42. The van der Waals surface area contributed by atoms with E-state index in [1.54, 1.807) is 6.07 Å². The molecule has 7 nitrogen and oxygen atoms in total. The lowest BCUT2D eigenvalue weighted by atomic mass is 10.1. The summed E-state index contributed by atoms with van der Waals surface area (Å²) in [6.07, 6.45) is 5.85. The minimum atomic E-state index is -0.523. The van der Waals surface area contributed by atoms with E-state index in [0.29, 0.717) is 18.1 Å². The number of carbonyl (C=O) groups excluding carboxylic acids is 1. The molecular formula is C18H25N5O2. The molecule has 0 atom stereocenters. The second kappa shape index (κ2) is 9.58. The molecule has 0 aliphatic rings. The summed E-state index contributed by atoms with van der Waals surface area (Å²) in [5.41, 5.74) is 9.16. The molecule has 1 aromatic heterocycles. The van der Waals surface area contributed by atoms with Crippen molar-refractivity contribution in [3.05, 3.63) is 36.0 Å². The maximum atomic E-state index is 11.7. The summed E-state index contributed by atoms with van der Waals surface area (Å²) in [4.78, 5) is 19.8. The maximum Gasteiger partial charge on any atom is 0.283 e. The van der Waals surface area contributed by atoms with Crippen molar-refractivity contribution in [2.24, 2.45) is 5.84 Å². The molecule has 1 heterocycles. The lowest BCUT2D eigenvalue weighted by Crippen LogP contribution is -2.31. The summed E-state index contributed by atoms with van der Waals surface area (Å²) >= 11 is 0. The Morgan fingerprint density at radius 1 is 1.16 bits per heavy atom. The number of amides is 1. The van der Waals surface area contributed by atoms with E-state index < -0.39 is 5.91 Å². The molecule has 5 N–H and O–H groups in total. The van der Waals surface area contributed by atoms with E-state index in [1.165, 1.54) is 19.3 Å². The van der Waals surface area contributed by atoms with Gasteiger partial charge in [0.15, 0.2) is 0 Å². The first-order valence-electron chi connectivity index (χ1n) is 8.53. The Bertz CT molecular complexity index is 706. The second-order valence-corrected chi connectivity index (χ2v) is 5.73. The fourth-order valence-corrected chi connectivity index (χ4v) is 2.49. The van der Waals surface area contributed by atoms with Gasteiger partial charge in [-0.1, -0.05) is 44.7 Å². The smallest absolute Gasteiger partial charge is 0.283 e.